The largest absolute Gasteiger partial charge is 0.480 e. The molecule has 8 nitrogen and oxygen atoms in total. The summed E-state index contributed by atoms with van der Waals surface area (Å²) in [6.45, 7) is 0.194. The number of rotatable bonds is 11. The molecule has 0 fully saturated rings. The minimum atomic E-state index is -1.15. The maximum Gasteiger partial charge on any atom is 0.326 e. The molecule has 1 aliphatic rings. The predicted molar refractivity (Wildman–Crippen MR) is 143 cm³/mol. The fourth-order valence-corrected chi connectivity index (χ4v) is 3.93. The number of fused-ring (bicyclic) bond motifs is 1. The van der Waals surface area contributed by atoms with Crippen LogP contribution in [-0.4, -0.2) is 41.8 Å². The van der Waals surface area contributed by atoms with Gasteiger partial charge in [0.15, 0.2) is 11.5 Å². The summed E-state index contributed by atoms with van der Waals surface area (Å²) < 4.78 is 10.7. The zero-order valence-electron chi connectivity index (χ0n) is 20.6. The lowest BCUT2D eigenvalue weighted by atomic mass is 10.0. The monoisotopic (exact) mass is 512 g/mol. The normalized spacial score (nSPS) is 13.8. The lowest BCUT2D eigenvalue weighted by Crippen LogP contribution is -2.52. The Balaban J connectivity index is 1.41. The van der Waals surface area contributed by atoms with Crippen molar-refractivity contribution in [2.75, 3.05) is 6.79 Å². The summed E-state index contributed by atoms with van der Waals surface area (Å²) in [6, 6.07) is 21.7. The summed E-state index contributed by atoms with van der Waals surface area (Å²) in [6.07, 6.45) is 6.71. The summed E-state index contributed by atoms with van der Waals surface area (Å²) in [7, 11) is 0. The van der Waals surface area contributed by atoms with Crippen LogP contribution in [0.1, 0.15) is 16.7 Å². The molecule has 0 bridgehead atoms. The van der Waals surface area contributed by atoms with Gasteiger partial charge in [0.2, 0.25) is 18.6 Å². The Morgan fingerprint density at radius 2 is 1.42 bits per heavy atom. The molecule has 0 saturated carbocycles. The molecule has 1 aliphatic heterocycles. The number of nitrogens with one attached hydrogen (secondary N) is 2. The molecule has 0 spiro atoms. The van der Waals surface area contributed by atoms with Crippen LogP contribution < -0.4 is 20.1 Å². The van der Waals surface area contributed by atoms with E-state index < -0.39 is 29.9 Å². The smallest absolute Gasteiger partial charge is 0.326 e. The Hall–Kier alpha value is -4.85. The van der Waals surface area contributed by atoms with Gasteiger partial charge in [0.1, 0.15) is 12.1 Å². The minimum Gasteiger partial charge on any atom is -0.480 e. The fourth-order valence-electron chi connectivity index (χ4n) is 3.93. The molecular weight excluding hydrogens is 484 g/mol. The molecule has 0 saturated heterocycles. The molecule has 0 radical (unpaired) electrons. The summed E-state index contributed by atoms with van der Waals surface area (Å²) in [5.74, 6) is -0.856. The molecule has 3 N–H and O–H groups in total. The van der Waals surface area contributed by atoms with Gasteiger partial charge in [-0.3, -0.25) is 9.59 Å². The van der Waals surface area contributed by atoms with Crippen molar-refractivity contribution in [1.82, 2.24) is 10.6 Å². The number of hydrogen-bond donors (Lipinski definition) is 3. The summed E-state index contributed by atoms with van der Waals surface area (Å²) in [5.41, 5.74) is 2.48. The maximum absolute atomic E-state index is 13.1. The average molecular weight is 513 g/mol. The lowest BCUT2D eigenvalue weighted by molar-refractivity contribution is -0.142. The quantitative estimate of drug-likeness (QED) is 0.268. The second kappa shape index (κ2) is 12.9. The van der Waals surface area contributed by atoms with Gasteiger partial charge in [-0.05, 0) is 28.8 Å². The van der Waals surface area contributed by atoms with Crippen LogP contribution in [0.5, 0.6) is 11.5 Å². The van der Waals surface area contributed by atoms with E-state index in [0.717, 1.165) is 16.7 Å². The first kappa shape index (κ1) is 26.2. The van der Waals surface area contributed by atoms with E-state index in [1.54, 1.807) is 30.4 Å². The first-order valence-electron chi connectivity index (χ1n) is 12.1. The molecular formula is C30H28N2O6. The summed E-state index contributed by atoms with van der Waals surface area (Å²) >= 11 is 0. The molecule has 3 aromatic carbocycles. The third-order valence-electron chi connectivity index (χ3n) is 5.86. The number of allylic oxidation sites excluding steroid dienone is 2. The van der Waals surface area contributed by atoms with Crippen LogP contribution in [0.25, 0.3) is 6.08 Å². The molecule has 2 amide bonds. The Labute approximate surface area is 220 Å². The highest BCUT2D eigenvalue weighted by atomic mass is 16.7. The molecule has 1 unspecified atom stereocenters. The van der Waals surface area contributed by atoms with E-state index in [4.69, 9.17) is 9.47 Å². The van der Waals surface area contributed by atoms with Crippen molar-refractivity contribution in [2.24, 2.45) is 0 Å². The van der Waals surface area contributed by atoms with Crippen LogP contribution in [-0.2, 0) is 27.2 Å². The summed E-state index contributed by atoms with van der Waals surface area (Å²) in [5, 5.41) is 15.0. The molecule has 2 atom stereocenters. The van der Waals surface area contributed by atoms with E-state index in [1.165, 1.54) is 6.08 Å². The van der Waals surface area contributed by atoms with E-state index in [9.17, 15) is 19.5 Å². The van der Waals surface area contributed by atoms with Crippen molar-refractivity contribution in [3.8, 4) is 11.5 Å². The fraction of sp³-hybridized carbons (Fsp3) is 0.167. The van der Waals surface area contributed by atoms with Crippen molar-refractivity contribution < 1.29 is 29.0 Å². The highest BCUT2D eigenvalue weighted by molar-refractivity contribution is 5.94. The topological polar surface area (TPSA) is 114 Å². The van der Waals surface area contributed by atoms with Crippen molar-refractivity contribution in [2.45, 2.75) is 24.9 Å². The van der Waals surface area contributed by atoms with Gasteiger partial charge in [-0.1, -0.05) is 85.0 Å². The van der Waals surface area contributed by atoms with Crippen LogP contribution in [0.2, 0.25) is 0 Å². The summed E-state index contributed by atoms with van der Waals surface area (Å²) in [4.78, 5) is 37.7. The van der Waals surface area contributed by atoms with E-state index in [-0.39, 0.29) is 19.6 Å². The van der Waals surface area contributed by atoms with Crippen molar-refractivity contribution in [1.29, 1.82) is 0 Å². The van der Waals surface area contributed by atoms with Gasteiger partial charge >= 0.3 is 5.97 Å². The molecule has 8 heteroatoms. The zero-order chi connectivity index (χ0) is 26.7. The van der Waals surface area contributed by atoms with Crippen LogP contribution in [0.4, 0.5) is 0 Å². The van der Waals surface area contributed by atoms with Gasteiger partial charge < -0.3 is 25.2 Å². The maximum atomic E-state index is 13.1. The molecule has 1 heterocycles. The van der Waals surface area contributed by atoms with E-state index in [1.807, 2.05) is 66.7 Å². The lowest BCUT2D eigenvalue weighted by Gasteiger charge is -2.21. The molecule has 3 aromatic rings. The van der Waals surface area contributed by atoms with Gasteiger partial charge in [-0.2, -0.15) is 0 Å². The van der Waals surface area contributed by atoms with Crippen molar-refractivity contribution in [3.63, 3.8) is 0 Å². The molecule has 4 rings (SSSR count). The Morgan fingerprint density at radius 1 is 0.789 bits per heavy atom. The average Bonchev–Trinajstić information content (AvgIpc) is 3.39. The number of carbonyl (C=O) groups excluding carboxylic acids is 2. The Kier molecular flexibility index (Phi) is 8.91. The van der Waals surface area contributed by atoms with Gasteiger partial charge in [-0.25, -0.2) is 4.79 Å². The van der Waals surface area contributed by atoms with Gasteiger partial charge in [0, 0.05) is 18.9 Å². The molecule has 0 aliphatic carbocycles. The highest BCUT2D eigenvalue weighted by Crippen LogP contribution is 2.32. The number of hydrogen-bond acceptors (Lipinski definition) is 5. The van der Waals surface area contributed by atoms with E-state index in [0.29, 0.717) is 11.5 Å². The van der Waals surface area contributed by atoms with Crippen molar-refractivity contribution >= 4 is 23.9 Å². The first-order chi connectivity index (χ1) is 18.5. The second-order valence-corrected chi connectivity index (χ2v) is 8.67. The SMILES string of the molecule is O=C(/C=C/C=C/c1ccc2c(c1)OCO2)N[C@@H](Cc1ccccc1)C(=O)NC(Cc1ccccc1)C(=O)O. The zero-order valence-corrected chi connectivity index (χ0v) is 20.6. The second-order valence-electron chi connectivity index (χ2n) is 8.67. The minimum absolute atomic E-state index is 0.123. The van der Waals surface area contributed by atoms with Crippen LogP contribution in [0, 0.1) is 0 Å². The predicted octanol–water partition coefficient (Wildman–Crippen LogP) is 3.52. The third-order valence-corrected chi connectivity index (χ3v) is 5.86. The number of benzene rings is 3. The highest BCUT2D eigenvalue weighted by Gasteiger charge is 2.26. The number of ether oxygens (including phenoxy) is 2. The Morgan fingerprint density at radius 3 is 2.08 bits per heavy atom. The third kappa shape index (κ3) is 7.57. The first-order valence-corrected chi connectivity index (χ1v) is 12.1. The van der Waals surface area contributed by atoms with Crippen LogP contribution >= 0.6 is 0 Å². The number of carbonyl (C=O) groups is 3. The number of carboxylic acid groups (broad SMARTS) is 1. The van der Waals surface area contributed by atoms with Crippen LogP contribution in [0.3, 0.4) is 0 Å². The number of carboxylic acids is 1. The number of amides is 2. The van der Waals surface area contributed by atoms with Gasteiger partial charge in [-0.15, -0.1) is 0 Å². The van der Waals surface area contributed by atoms with E-state index >= 15 is 0 Å². The molecule has 38 heavy (non-hydrogen) atoms. The van der Waals surface area contributed by atoms with E-state index in [2.05, 4.69) is 10.6 Å². The standard InChI is InChI=1S/C30H28N2O6/c33-28(14-8-7-13-23-15-16-26-27(19-23)38-20-37-26)31-24(17-21-9-3-1-4-10-21)29(34)32-25(30(35)36)18-22-11-5-2-6-12-22/h1-16,19,24-25H,17-18,20H2,(H,31,33)(H,32,34)(H,35,36)/b13-7+,14-8+/t24-,25?/m0/s1. The van der Waals surface area contributed by atoms with Crippen LogP contribution in [0.15, 0.2) is 97.1 Å². The van der Waals surface area contributed by atoms with Crippen molar-refractivity contribution in [3.05, 3.63) is 114 Å². The Bertz CT molecular complexity index is 1320. The molecule has 0 aromatic heterocycles. The number of aliphatic carboxylic acids is 1. The van der Waals surface area contributed by atoms with Gasteiger partial charge in [0.25, 0.3) is 0 Å². The molecule has 194 valence electrons. The van der Waals surface area contributed by atoms with Gasteiger partial charge in [0.05, 0.1) is 0 Å².